The lowest BCUT2D eigenvalue weighted by atomic mass is 10.1. The minimum atomic E-state index is -0.253. The molecule has 1 fully saturated rings. The lowest BCUT2D eigenvalue weighted by Crippen LogP contribution is -2.38. The summed E-state index contributed by atoms with van der Waals surface area (Å²) in [5.41, 5.74) is 2.87. The number of carbonyl (C=O) groups is 2. The molecule has 0 bridgehead atoms. The maximum Gasteiger partial charge on any atom is 0.251 e. The van der Waals surface area contributed by atoms with Crippen LogP contribution in [0.2, 0.25) is 0 Å². The molecular formula is C22H26BrN3O2. The molecule has 0 unspecified atom stereocenters. The van der Waals surface area contributed by atoms with E-state index in [2.05, 4.69) is 38.3 Å². The van der Waals surface area contributed by atoms with Crippen LogP contribution in [0.15, 0.2) is 53.0 Å². The van der Waals surface area contributed by atoms with E-state index in [1.807, 2.05) is 18.2 Å². The Labute approximate surface area is 174 Å². The van der Waals surface area contributed by atoms with Gasteiger partial charge in [-0.25, -0.2) is 0 Å². The Balaban J connectivity index is 1.58. The minimum absolute atomic E-state index is 0.0201. The van der Waals surface area contributed by atoms with Crippen molar-refractivity contribution in [2.45, 2.75) is 25.8 Å². The summed E-state index contributed by atoms with van der Waals surface area (Å²) in [4.78, 5) is 28.8. The number of carbonyl (C=O) groups excluding carboxylic acids is 2. The van der Waals surface area contributed by atoms with Crippen molar-refractivity contribution in [3.8, 4) is 0 Å². The Kier molecular flexibility index (Phi) is 7.09. The van der Waals surface area contributed by atoms with Gasteiger partial charge in [-0.3, -0.25) is 9.59 Å². The average molecular weight is 444 g/mol. The van der Waals surface area contributed by atoms with Gasteiger partial charge in [-0.05, 0) is 49.1 Å². The van der Waals surface area contributed by atoms with Crippen molar-refractivity contribution in [2.75, 3.05) is 31.6 Å². The van der Waals surface area contributed by atoms with Crippen LogP contribution in [0, 0.1) is 0 Å². The van der Waals surface area contributed by atoms with Crippen LogP contribution >= 0.6 is 15.9 Å². The molecule has 1 heterocycles. The summed E-state index contributed by atoms with van der Waals surface area (Å²) < 4.78 is 0.831. The second-order valence-electron chi connectivity index (χ2n) is 7.12. The zero-order chi connectivity index (χ0) is 19.9. The first-order chi connectivity index (χ1) is 13.5. The average Bonchev–Trinajstić information content (AvgIpc) is 2.72. The van der Waals surface area contributed by atoms with Gasteiger partial charge in [0.05, 0.1) is 6.54 Å². The fourth-order valence-electron chi connectivity index (χ4n) is 3.45. The van der Waals surface area contributed by atoms with E-state index in [0.29, 0.717) is 12.1 Å². The van der Waals surface area contributed by atoms with Crippen LogP contribution in [-0.2, 0) is 11.3 Å². The molecule has 1 aliphatic rings. The first kappa shape index (κ1) is 20.4. The fourth-order valence-corrected chi connectivity index (χ4v) is 3.85. The molecule has 2 amide bonds. The van der Waals surface area contributed by atoms with E-state index in [-0.39, 0.29) is 18.4 Å². The number of benzene rings is 2. The highest BCUT2D eigenvalue weighted by molar-refractivity contribution is 9.10. The quantitative estimate of drug-likeness (QED) is 0.737. The maximum absolute atomic E-state index is 12.5. The molecule has 1 aliphatic heterocycles. The van der Waals surface area contributed by atoms with Crippen LogP contribution in [0.1, 0.15) is 35.2 Å². The maximum atomic E-state index is 12.5. The molecule has 0 saturated carbocycles. The normalized spacial score (nSPS) is 13.9. The van der Waals surface area contributed by atoms with Crippen LogP contribution in [0.4, 0.5) is 5.69 Å². The molecule has 0 spiro atoms. The molecule has 0 aliphatic carbocycles. The summed E-state index contributed by atoms with van der Waals surface area (Å²) in [5, 5.41) is 2.71. The Morgan fingerprint density at radius 3 is 2.57 bits per heavy atom. The summed E-state index contributed by atoms with van der Waals surface area (Å²) in [6.07, 6.45) is 3.71. The lowest BCUT2D eigenvalue weighted by molar-refractivity contribution is -0.129. The van der Waals surface area contributed by atoms with Crippen molar-refractivity contribution in [3.63, 3.8) is 0 Å². The van der Waals surface area contributed by atoms with Crippen molar-refractivity contribution < 1.29 is 9.59 Å². The fraction of sp³-hybridized carbons (Fsp3) is 0.364. The third-order valence-electron chi connectivity index (χ3n) is 5.01. The smallest absolute Gasteiger partial charge is 0.251 e. The molecule has 6 heteroatoms. The number of nitrogens with one attached hydrogen (secondary N) is 1. The third kappa shape index (κ3) is 5.35. The van der Waals surface area contributed by atoms with E-state index >= 15 is 0 Å². The monoisotopic (exact) mass is 443 g/mol. The molecule has 0 radical (unpaired) electrons. The molecule has 1 saturated heterocycles. The number of hydrogen-bond acceptors (Lipinski definition) is 3. The van der Waals surface area contributed by atoms with Crippen LogP contribution in [0.3, 0.4) is 0 Å². The summed E-state index contributed by atoms with van der Waals surface area (Å²) in [6.45, 7) is 2.64. The molecule has 3 rings (SSSR count). The first-order valence-electron chi connectivity index (χ1n) is 9.65. The second kappa shape index (κ2) is 9.73. The van der Waals surface area contributed by atoms with Crippen molar-refractivity contribution in [1.29, 1.82) is 0 Å². The van der Waals surface area contributed by atoms with Gasteiger partial charge in [-0.2, -0.15) is 0 Å². The standard InChI is InChI=1S/C22H26BrN3O2/c1-25(21(27)15-24-22(28)17-9-7-10-19(23)14-17)16-18-8-3-4-11-20(18)26-12-5-2-6-13-26/h3-4,7-11,14H,2,5-6,12-13,15-16H2,1H3,(H,24,28). The highest BCUT2D eigenvalue weighted by Crippen LogP contribution is 2.25. The molecule has 2 aromatic rings. The van der Waals surface area contributed by atoms with Crippen molar-refractivity contribution in [1.82, 2.24) is 10.2 Å². The summed E-state index contributed by atoms with van der Waals surface area (Å²) >= 11 is 3.35. The number of rotatable bonds is 6. The molecular weight excluding hydrogens is 418 g/mol. The van der Waals surface area contributed by atoms with E-state index in [9.17, 15) is 9.59 Å². The van der Waals surface area contributed by atoms with Gasteiger partial charge in [0.15, 0.2) is 0 Å². The predicted octanol–water partition coefficient (Wildman–Crippen LogP) is 3.83. The van der Waals surface area contributed by atoms with E-state index in [4.69, 9.17) is 0 Å². The van der Waals surface area contributed by atoms with Crippen LogP contribution in [0.25, 0.3) is 0 Å². The Morgan fingerprint density at radius 1 is 1.07 bits per heavy atom. The number of anilines is 1. The summed E-state index contributed by atoms with van der Waals surface area (Å²) in [5.74, 6) is -0.367. The van der Waals surface area contributed by atoms with Gasteiger partial charge >= 0.3 is 0 Å². The van der Waals surface area contributed by atoms with Crippen molar-refractivity contribution in [2.24, 2.45) is 0 Å². The highest BCUT2D eigenvalue weighted by atomic mass is 79.9. The van der Waals surface area contributed by atoms with E-state index in [0.717, 1.165) is 23.1 Å². The minimum Gasteiger partial charge on any atom is -0.371 e. The largest absolute Gasteiger partial charge is 0.371 e. The van der Waals surface area contributed by atoms with Crippen LogP contribution < -0.4 is 10.2 Å². The van der Waals surface area contributed by atoms with Gasteiger partial charge in [0.2, 0.25) is 5.91 Å². The molecule has 1 N–H and O–H groups in total. The Hall–Kier alpha value is -2.34. The Bertz CT molecular complexity index is 834. The predicted molar refractivity (Wildman–Crippen MR) is 115 cm³/mol. The molecule has 2 aromatic carbocycles. The van der Waals surface area contributed by atoms with Gasteiger partial charge in [-0.1, -0.05) is 40.2 Å². The van der Waals surface area contributed by atoms with Crippen LogP contribution in [-0.4, -0.2) is 43.4 Å². The third-order valence-corrected chi connectivity index (χ3v) is 5.50. The molecule has 0 atom stereocenters. The van der Waals surface area contributed by atoms with E-state index < -0.39 is 0 Å². The van der Waals surface area contributed by atoms with E-state index in [1.54, 1.807) is 30.1 Å². The Morgan fingerprint density at radius 2 is 1.82 bits per heavy atom. The number of likely N-dealkylation sites (N-methyl/N-ethyl adjacent to an activating group) is 1. The zero-order valence-corrected chi connectivity index (χ0v) is 17.7. The van der Waals surface area contributed by atoms with Gasteiger partial charge in [-0.15, -0.1) is 0 Å². The molecule has 0 aromatic heterocycles. The second-order valence-corrected chi connectivity index (χ2v) is 8.03. The molecule has 28 heavy (non-hydrogen) atoms. The zero-order valence-electron chi connectivity index (χ0n) is 16.2. The highest BCUT2D eigenvalue weighted by Gasteiger charge is 2.17. The number of piperidine rings is 1. The number of halogens is 1. The number of amides is 2. The van der Waals surface area contributed by atoms with Gasteiger partial charge in [0, 0.05) is 42.4 Å². The summed E-state index contributed by atoms with van der Waals surface area (Å²) in [6, 6.07) is 15.4. The SMILES string of the molecule is CN(Cc1ccccc1N1CCCCC1)C(=O)CNC(=O)c1cccc(Br)c1. The lowest BCUT2D eigenvalue weighted by Gasteiger charge is -2.31. The number of hydrogen-bond donors (Lipinski definition) is 1. The topological polar surface area (TPSA) is 52.6 Å². The first-order valence-corrected chi connectivity index (χ1v) is 10.4. The van der Waals surface area contributed by atoms with Gasteiger partial charge in [0.1, 0.15) is 0 Å². The van der Waals surface area contributed by atoms with Crippen molar-refractivity contribution >= 4 is 33.4 Å². The molecule has 5 nitrogen and oxygen atoms in total. The number of nitrogens with zero attached hydrogens (tertiary/aromatic N) is 2. The number of para-hydroxylation sites is 1. The summed E-state index contributed by atoms with van der Waals surface area (Å²) in [7, 11) is 1.78. The van der Waals surface area contributed by atoms with E-state index in [1.165, 1.54) is 24.9 Å². The van der Waals surface area contributed by atoms with Gasteiger partial charge in [0.25, 0.3) is 5.91 Å². The van der Waals surface area contributed by atoms with Crippen LogP contribution in [0.5, 0.6) is 0 Å². The van der Waals surface area contributed by atoms with Crippen molar-refractivity contribution in [3.05, 3.63) is 64.1 Å². The van der Waals surface area contributed by atoms with Gasteiger partial charge < -0.3 is 15.1 Å². The molecule has 148 valence electrons.